The molecule has 126 valence electrons. The molecular formula is C17H29NO4. The van der Waals surface area contributed by atoms with Crippen molar-refractivity contribution < 1.29 is 23.9 Å². The zero-order valence-electron chi connectivity index (χ0n) is 14.2. The number of likely N-dealkylation sites (N-methyl/N-ethyl adjacent to an activating group) is 1. The van der Waals surface area contributed by atoms with E-state index < -0.39 is 12.1 Å². The first-order chi connectivity index (χ1) is 10.2. The van der Waals surface area contributed by atoms with Crippen LogP contribution < -0.4 is 5.11 Å². The highest BCUT2D eigenvalue weighted by Crippen LogP contribution is 2.07. The second kappa shape index (κ2) is 11.0. The van der Waals surface area contributed by atoms with Gasteiger partial charge in [0.05, 0.1) is 21.1 Å². The Labute approximate surface area is 133 Å². The standard InChI is InChI=1S/C17H29NO4/c1-5-6-7-8-9-10-11-12-17(21)22-15(13-16(19)20)14-18(2,3)4/h5-6,9-10,15H,7-8,11-14H2,1-4H3/b6-5+,10-9+. The van der Waals surface area contributed by atoms with E-state index in [0.717, 1.165) is 12.8 Å². The molecule has 0 saturated carbocycles. The number of unbranched alkanes of at least 4 members (excludes halogenated alkanes) is 1. The van der Waals surface area contributed by atoms with Gasteiger partial charge in [-0.15, -0.1) is 0 Å². The predicted molar refractivity (Wildman–Crippen MR) is 84.8 cm³/mol. The number of hydrogen-bond acceptors (Lipinski definition) is 4. The molecule has 0 aliphatic rings. The normalized spacial score (nSPS) is 13.6. The molecule has 0 amide bonds. The number of nitrogens with zero attached hydrogens (tertiary/aromatic N) is 1. The van der Waals surface area contributed by atoms with E-state index in [1.165, 1.54) is 0 Å². The van der Waals surface area contributed by atoms with Gasteiger partial charge in [-0.3, -0.25) is 4.79 Å². The first kappa shape index (κ1) is 20.4. The van der Waals surface area contributed by atoms with Gasteiger partial charge in [-0.2, -0.15) is 0 Å². The second-order valence-corrected chi connectivity index (χ2v) is 6.32. The molecular weight excluding hydrogens is 282 g/mol. The molecule has 0 aromatic heterocycles. The number of esters is 1. The average Bonchev–Trinajstić information content (AvgIpc) is 2.34. The Bertz CT molecular complexity index is 394. The molecule has 0 aromatic carbocycles. The maximum atomic E-state index is 11.8. The van der Waals surface area contributed by atoms with Crippen LogP contribution in [0.15, 0.2) is 24.3 Å². The fourth-order valence-corrected chi connectivity index (χ4v) is 1.98. The van der Waals surface area contributed by atoms with E-state index in [4.69, 9.17) is 4.74 Å². The van der Waals surface area contributed by atoms with Gasteiger partial charge in [0.25, 0.3) is 0 Å². The molecule has 22 heavy (non-hydrogen) atoms. The molecule has 1 atom stereocenters. The molecule has 0 bridgehead atoms. The molecule has 5 nitrogen and oxygen atoms in total. The van der Waals surface area contributed by atoms with E-state index in [-0.39, 0.29) is 18.8 Å². The van der Waals surface area contributed by atoms with Gasteiger partial charge in [0.2, 0.25) is 0 Å². The molecule has 0 N–H and O–H groups in total. The minimum absolute atomic E-state index is 0.263. The number of carboxylic acids is 1. The number of rotatable bonds is 11. The summed E-state index contributed by atoms with van der Waals surface area (Å²) >= 11 is 0. The molecule has 0 heterocycles. The molecule has 0 spiro atoms. The van der Waals surface area contributed by atoms with E-state index in [1.807, 2.05) is 46.3 Å². The van der Waals surface area contributed by atoms with Crippen LogP contribution in [0.4, 0.5) is 0 Å². The number of hydrogen-bond donors (Lipinski definition) is 0. The van der Waals surface area contributed by atoms with E-state index in [2.05, 4.69) is 6.08 Å². The lowest BCUT2D eigenvalue weighted by Crippen LogP contribution is -2.45. The Morgan fingerprint density at radius 1 is 1.09 bits per heavy atom. The highest BCUT2D eigenvalue weighted by Gasteiger charge is 2.22. The smallest absolute Gasteiger partial charge is 0.306 e. The van der Waals surface area contributed by atoms with E-state index in [1.54, 1.807) is 0 Å². The molecule has 0 radical (unpaired) electrons. The minimum atomic E-state index is -1.20. The maximum absolute atomic E-state index is 11.8. The van der Waals surface area contributed by atoms with Crippen molar-refractivity contribution in [1.82, 2.24) is 0 Å². The summed E-state index contributed by atoms with van der Waals surface area (Å²) in [6.07, 6.45) is 10.0. The number of aliphatic carboxylic acids is 1. The Morgan fingerprint density at radius 2 is 1.68 bits per heavy atom. The summed E-state index contributed by atoms with van der Waals surface area (Å²) in [6, 6.07) is 0. The topological polar surface area (TPSA) is 66.4 Å². The van der Waals surface area contributed by atoms with Gasteiger partial charge in [0, 0.05) is 18.8 Å². The van der Waals surface area contributed by atoms with Crippen LogP contribution in [0.5, 0.6) is 0 Å². The molecule has 0 rings (SSSR count). The summed E-state index contributed by atoms with van der Waals surface area (Å²) in [4.78, 5) is 22.5. The predicted octanol–water partition coefficient (Wildman–Crippen LogP) is 1.44. The molecule has 1 unspecified atom stereocenters. The van der Waals surface area contributed by atoms with Crippen LogP contribution in [-0.2, 0) is 14.3 Å². The number of carbonyl (C=O) groups is 2. The lowest BCUT2D eigenvalue weighted by atomic mass is 10.2. The van der Waals surface area contributed by atoms with Crippen molar-refractivity contribution in [2.24, 2.45) is 0 Å². The minimum Gasteiger partial charge on any atom is -0.550 e. The van der Waals surface area contributed by atoms with Gasteiger partial charge in [-0.1, -0.05) is 24.3 Å². The Balaban J connectivity index is 4.14. The van der Waals surface area contributed by atoms with Crippen molar-refractivity contribution in [1.29, 1.82) is 0 Å². The van der Waals surface area contributed by atoms with Gasteiger partial charge in [-0.25, -0.2) is 0 Å². The van der Waals surface area contributed by atoms with Crippen molar-refractivity contribution >= 4 is 11.9 Å². The van der Waals surface area contributed by atoms with Crippen LogP contribution in [0.25, 0.3) is 0 Å². The lowest BCUT2D eigenvalue weighted by Gasteiger charge is -2.29. The van der Waals surface area contributed by atoms with Crippen LogP contribution in [0.2, 0.25) is 0 Å². The quantitative estimate of drug-likeness (QED) is 0.251. The molecule has 0 saturated heterocycles. The highest BCUT2D eigenvalue weighted by molar-refractivity contribution is 5.71. The van der Waals surface area contributed by atoms with Gasteiger partial charge in [0.15, 0.2) is 6.10 Å². The highest BCUT2D eigenvalue weighted by atomic mass is 16.5. The van der Waals surface area contributed by atoms with E-state index in [9.17, 15) is 14.7 Å². The molecule has 0 aromatic rings. The summed E-state index contributed by atoms with van der Waals surface area (Å²) < 4.78 is 5.79. The van der Waals surface area contributed by atoms with Crippen molar-refractivity contribution in [3.8, 4) is 0 Å². The number of ether oxygens (including phenoxy) is 1. The van der Waals surface area contributed by atoms with Crippen LogP contribution >= 0.6 is 0 Å². The van der Waals surface area contributed by atoms with Gasteiger partial charge < -0.3 is 19.1 Å². The first-order valence-corrected chi connectivity index (χ1v) is 7.70. The third-order valence-electron chi connectivity index (χ3n) is 2.86. The van der Waals surface area contributed by atoms with Crippen LogP contribution in [-0.4, -0.2) is 50.2 Å². The SMILES string of the molecule is C/C=C/CC/C=C/CCC(=O)OC(CC(=O)[O-])C[N+](C)(C)C. The number of carboxylic acid groups (broad SMARTS) is 1. The van der Waals surface area contributed by atoms with Crippen LogP contribution in [0.1, 0.15) is 39.0 Å². The fourth-order valence-electron chi connectivity index (χ4n) is 1.98. The van der Waals surface area contributed by atoms with Gasteiger partial charge in [0.1, 0.15) is 6.54 Å². The van der Waals surface area contributed by atoms with E-state index >= 15 is 0 Å². The van der Waals surface area contributed by atoms with Crippen molar-refractivity contribution in [2.75, 3.05) is 27.7 Å². The average molecular weight is 311 g/mol. The van der Waals surface area contributed by atoms with E-state index in [0.29, 0.717) is 17.4 Å². The Hall–Kier alpha value is -1.62. The van der Waals surface area contributed by atoms with Gasteiger partial charge >= 0.3 is 5.97 Å². The third kappa shape index (κ3) is 13.4. The third-order valence-corrected chi connectivity index (χ3v) is 2.86. The monoisotopic (exact) mass is 311 g/mol. The summed E-state index contributed by atoms with van der Waals surface area (Å²) in [5.41, 5.74) is 0. The van der Waals surface area contributed by atoms with Crippen molar-refractivity contribution in [3.05, 3.63) is 24.3 Å². The molecule has 0 aliphatic heterocycles. The Kier molecular flexibility index (Phi) is 10.2. The zero-order valence-corrected chi connectivity index (χ0v) is 14.2. The molecule has 0 aliphatic carbocycles. The molecule has 0 fully saturated rings. The van der Waals surface area contributed by atoms with Crippen LogP contribution in [0.3, 0.4) is 0 Å². The summed E-state index contributed by atoms with van der Waals surface area (Å²) in [5, 5.41) is 10.7. The van der Waals surface area contributed by atoms with Crippen molar-refractivity contribution in [2.45, 2.75) is 45.1 Å². The fraction of sp³-hybridized carbons (Fsp3) is 0.647. The second-order valence-electron chi connectivity index (χ2n) is 6.32. The first-order valence-electron chi connectivity index (χ1n) is 7.70. The maximum Gasteiger partial charge on any atom is 0.306 e. The summed E-state index contributed by atoms with van der Waals surface area (Å²) in [5.74, 6) is -1.56. The van der Waals surface area contributed by atoms with Crippen LogP contribution in [0, 0.1) is 0 Å². The van der Waals surface area contributed by atoms with Crippen molar-refractivity contribution in [3.63, 3.8) is 0 Å². The Morgan fingerprint density at radius 3 is 2.23 bits per heavy atom. The van der Waals surface area contributed by atoms with Gasteiger partial charge in [-0.05, 0) is 26.2 Å². The summed E-state index contributed by atoms with van der Waals surface area (Å²) in [6.45, 7) is 2.43. The lowest BCUT2D eigenvalue weighted by molar-refractivity contribution is -0.873. The largest absolute Gasteiger partial charge is 0.550 e. The number of quaternary nitrogens is 1. The number of allylic oxidation sites excluding steroid dienone is 4. The zero-order chi connectivity index (χ0) is 17.0. The summed E-state index contributed by atoms with van der Waals surface area (Å²) in [7, 11) is 5.76. The number of carbonyl (C=O) groups excluding carboxylic acids is 2. The molecule has 5 heteroatoms.